The summed E-state index contributed by atoms with van der Waals surface area (Å²) in [5.41, 5.74) is 0.257. The summed E-state index contributed by atoms with van der Waals surface area (Å²) < 4.78 is 17.8. The van der Waals surface area contributed by atoms with Crippen LogP contribution in [0.1, 0.15) is 30.1 Å². The zero-order valence-corrected chi connectivity index (χ0v) is 11.3. The maximum absolute atomic E-state index is 12.4. The molecule has 5 nitrogen and oxygen atoms in total. The number of aliphatic carboxylic acids is 1. The number of amides is 1. The maximum atomic E-state index is 12.4. The molecule has 1 aromatic carbocycles. The molecule has 0 radical (unpaired) electrons. The number of alkyl halides is 1. The van der Waals surface area contributed by atoms with Crippen LogP contribution in [0.4, 0.5) is 4.39 Å². The number of hydrogen-bond donors (Lipinski definition) is 2. The van der Waals surface area contributed by atoms with E-state index in [1.807, 2.05) is 0 Å². The van der Waals surface area contributed by atoms with Crippen LogP contribution in [0.25, 0.3) is 0 Å². The number of rotatable bonds is 8. The van der Waals surface area contributed by atoms with Crippen molar-refractivity contribution in [3.8, 4) is 5.75 Å². The molecule has 110 valence electrons. The van der Waals surface area contributed by atoms with E-state index in [-0.39, 0.29) is 5.56 Å². The van der Waals surface area contributed by atoms with Crippen LogP contribution in [0.2, 0.25) is 0 Å². The average Bonchev–Trinajstić information content (AvgIpc) is 2.45. The second-order valence-electron chi connectivity index (χ2n) is 4.24. The summed E-state index contributed by atoms with van der Waals surface area (Å²) in [5, 5.41) is 10.8. The normalized spacial score (nSPS) is 11.7. The first kappa shape index (κ1) is 15.9. The molecule has 0 aliphatic rings. The highest BCUT2D eigenvalue weighted by atomic mass is 19.1. The number of halogens is 1. The lowest BCUT2D eigenvalue weighted by molar-refractivity contribution is -0.139. The Labute approximate surface area is 116 Å². The topological polar surface area (TPSA) is 75.6 Å². The van der Waals surface area contributed by atoms with Crippen molar-refractivity contribution >= 4 is 11.9 Å². The van der Waals surface area contributed by atoms with Crippen LogP contribution in [0.5, 0.6) is 5.75 Å². The zero-order chi connectivity index (χ0) is 15.0. The van der Waals surface area contributed by atoms with Crippen LogP contribution >= 0.6 is 0 Å². The van der Waals surface area contributed by atoms with Crippen LogP contribution in [0.3, 0.4) is 0 Å². The van der Waals surface area contributed by atoms with E-state index >= 15 is 0 Å². The maximum Gasteiger partial charge on any atom is 0.328 e. The van der Waals surface area contributed by atoms with Crippen LogP contribution in [-0.4, -0.2) is 36.3 Å². The molecule has 0 saturated carbocycles. The Balaban J connectivity index is 2.59. The van der Waals surface area contributed by atoms with Gasteiger partial charge >= 0.3 is 5.97 Å². The first-order chi connectivity index (χ1) is 9.58. The van der Waals surface area contributed by atoms with Gasteiger partial charge in [0.1, 0.15) is 12.4 Å². The Bertz CT molecular complexity index is 447. The van der Waals surface area contributed by atoms with Crippen LogP contribution in [0, 0.1) is 0 Å². The van der Waals surface area contributed by atoms with E-state index in [0.29, 0.717) is 12.4 Å². The zero-order valence-electron chi connectivity index (χ0n) is 11.3. The van der Waals surface area contributed by atoms with Gasteiger partial charge in [0.2, 0.25) is 0 Å². The lowest BCUT2D eigenvalue weighted by atomic mass is 10.2. The molecule has 1 aromatic rings. The van der Waals surface area contributed by atoms with E-state index in [4.69, 9.17) is 9.84 Å². The first-order valence-electron chi connectivity index (χ1n) is 6.41. The molecular weight excluding hydrogens is 265 g/mol. The van der Waals surface area contributed by atoms with Gasteiger partial charge in [-0.3, -0.25) is 4.79 Å². The molecule has 0 aliphatic carbocycles. The number of nitrogens with one attached hydrogen (secondary N) is 1. The summed E-state index contributed by atoms with van der Waals surface area (Å²) >= 11 is 0. The summed E-state index contributed by atoms with van der Waals surface area (Å²) in [4.78, 5) is 22.3. The molecule has 0 saturated heterocycles. The molecule has 20 heavy (non-hydrogen) atoms. The number of carboxylic acid groups (broad SMARTS) is 1. The smallest absolute Gasteiger partial charge is 0.328 e. The lowest BCUT2D eigenvalue weighted by Gasteiger charge is -2.11. The average molecular weight is 283 g/mol. The molecule has 0 aromatic heterocycles. The highest BCUT2D eigenvalue weighted by Crippen LogP contribution is 2.12. The van der Waals surface area contributed by atoms with Gasteiger partial charge in [-0.1, -0.05) is 13.3 Å². The molecule has 1 rings (SSSR count). The molecule has 0 fully saturated rings. The molecule has 1 atom stereocenters. The predicted molar refractivity (Wildman–Crippen MR) is 71.7 cm³/mol. The minimum absolute atomic E-state index is 0.257. The second-order valence-corrected chi connectivity index (χ2v) is 4.24. The van der Waals surface area contributed by atoms with Gasteiger partial charge < -0.3 is 15.2 Å². The minimum atomic E-state index is -1.53. The predicted octanol–water partition coefficient (Wildman–Crippen LogP) is 2.02. The molecular formula is C14H18FNO4. The van der Waals surface area contributed by atoms with Crippen molar-refractivity contribution in [3.63, 3.8) is 0 Å². The van der Waals surface area contributed by atoms with E-state index in [1.54, 1.807) is 12.1 Å². The van der Waals surface area contributed by atoms with Crippen molar-refractivity contribution in [1.29, 1.82) is 0 Å². The van der Waals surface area contributed by atoms with Crippen molar-refractivity contribution in [1.82, 2.24) is 5.32 Å². The summed E-state index contributed by atoms with van der Waals surface area (Å²) in [7, 11) is 0. The van der Waals surface area contributed by atoms with Gasteiger partial charge in [-0.05, 0) is 30.7 Å². The molecule has 6 heteroatoms. The fourth-order valence-electron chi connectivity index (χ4n) is 1.44. The number of carboxylic acids is 1. The van der Waals surface area contributed by atoms with E-state index in [9.17, 15) is 14.0 Å². The highest BCUT2D eigenvalue weighted by molar-refractivity contribution is 5.96. The number of hydrogen-bond acceptors (Lipinski definition) is 3. The van der Waals surface area contributed by atoms with Gasteiger partial charge in [-0.15, -0.1) is 0 Å². The van der Waals surface area contributed by atoms with Crippen molar-refractivity contribution < 1.29 is 23.8 Å². The fraction of sp³-hybridized carbons (Fsp3) is 0.429. The van der Waals surface area contributed by atoms with Crippen LogP contribution < -0.4 is 10.1 Å². The third kappa shape index (κ3) is 4.87. The number of ether oxygens (including phenoxy) is 1. The number of unbranched alkanes of at least 4 members (excludes halogenated alkanes) is 1. The Morgan fingerprint density at radius 1 is 1.35 bits per heavy atom. The Morgan fingerprint density at radius 2 is 2.00 bits per heavy atom. The molecule has 0 spiro atoms. The van der Waals surface area contributed by atoms with Crippen molar-refractivity contribution in [3.05, 3.63) is 29.8 Å². The number of benzene rings is 1. The summed E-state index contributed by atoms with van der Waals surface area (Å²) in [6, 6.07) is 4.73. The summed E-state index contributed by atoms with van der Waals surface area (Å²) in [6.07, 6.45) is 1.97. The molecule has 1 amide bonds. The number of carbonyl (C=O) groups excluding carboxylic acids is 1. The monoisotopic (exact) mass is 283 g/mol. The van der Waals surface area contributed by atoms with Gasteiger partial charge in [0, 0.05) is 5.56 Å². The Hall–Kier alpha value is -2.11. The van der Waals surface area contributed by atoms with E-state index in [1.165, 1.54) is 12.1 Å². The third-order valence-electron chi connectivity index (χ3n) is 2.64. The SMILES string of the molecule is CCCCOc1ccc(C(=O)NC(CF)C(=O)O)cc1. The van der Waals surface area contributed by atoms with Crippen molar-refractivity contribution in [2.24, 2.45) is 0 Å². The molecule has 2 N–H and O–H groups in total. The molecule has 1 unspecified atom stereocenters. The lowest BCUT2D eigenvalue weighted by Crippen LogP contribution is -2.42. The minimum Gasteiger partial charge on any atom is -0.494 e. The largest absolute Gasteiger partial charge is 0.494 e. The summed E-state index contributed by atoms with van der Waals surface area (Å²) in [5.74, 6) is -1.40. The summed E-state index contributed by atoms with van der Waals surface area (Å²) in [6.45, 7) is 1.50. The molecule has 0 aliphatic heterocycles. The van der Waals surface area contributed by atoms with E-state index < -0.39 is 24.6 Å². The quantitative estimate of drug-likeness (QED) is 0.716. The van der Waals surface area contributed by atoms with Gasteiger partial charge in [0.15, 0.2) is 6.04 Å². The van der Waals surface area contributed by atoms with Crippen molar-refractivity contribution in [2.45, 2.75) is 25.8 Å². The Morgan fingerprint density at radius 3 is 2.50 bits per heavy atom. The van der Waals surface area contributed by atoms with Crippen LogP contribution in [-0.2, 0) is 4.79 Å². The van der Waals surface area contributed by atoms with Crippen molar-refractivity contribution in [2.75, 3.05) is 13.3 Å². The number of carbonyl (C=O) groups is 2. The Kier molecular flexibility index (Phi) is 6.49. The van der Waals surface area contributed by atoms with Gasteiger partial charge in [0.05, 0.1) is 6.61 Å². The van der Waals surface area contributed by atoms with Gasteiger partial charge in [-0.25, -0.2) is 9.18 Å². The standard InChI is InChI=1S/C14H18FNO4/c1-2-3-8-20-11-6-4-10(5-7-11)13(17)16-12(9-15)14(18)19/h4-7,12H,2-3,8-9H2,1H3,(H,16,17)(H,18,19). The van der Waals surface area contributed by atoms with E-state index in [2.05, 4.69) is 12.2 Å². The highest BCUT2D eigenvalue weighted by Gasteiger charge is 2.20. The third-order valence-corrected chi connectivity index (χ3v) is 2.64. The molecule has 0 bridgehead atoms. The second kappa shape index (κ2) is 8.14. The fourth-order valence-corrected chi connectivity index (χ4v) is 1.44. The van der Waals surface area contributed by atoms with Crippen LogP contribution in [0.15, 0.2) is 24.3 Å². The molecule has 0 heterocycles. The first-order valence-corrected chi connectivity index (χ1v) is 6.41. The van der Waals surface area contributed by atoms with Gasteiger partial charge in [0.25, 0.3) is 5.91 Å². The van der Waals surface area contributed by atoms with Gasteiger partial charge in [-0.2, -0.15) is 0 Å². The van der Waals surface area contributed by atoms with E-state index in [0.717, 1.165) is 12.8 Å².